The largest absolute Gasteiger partial charge is 0.493 e. The Morgan fingerprint density at radius 2 is 1.70 bits per heavy atom. The molecular formula is C16H19NO3. The van der Waals surface area contributed by atoms with E-state index in [-0.39, 0.29) is 5.78 Å². The lowest BCUT2D eigenvalue weighted by Gasteiger charge is -2.32. The molecule has 3 rings (SSSR count). The maximum Gasteiger partial charge on any atom is 0.161 e. The van der Waals surface area contributed by atoms with Crippen LogP contribution in [0.4, 0.5) is 0 Å². The average Bonchev–Trinajstić information content (AvgIpc) is 2.91. The van der Waals surface area contributed by atoms with Gasteiger partial charge in [0.05, 0.1) is 14.2 Å². The van der Waals surface area contributed by atoms with Crippen LogP contribution in [-0.2, 0) is 17.8 Å². The van der Waals surface area contributed by atoms with Gasteiger partial charge in [0.25, 0.3) is 0 Å². The Labute approximate surface area is 119 Å². The molecule has 0 amide bonds. The van der Waals surface area contributed by atoms with Gasteiger partial charge < -0.3 is 14.4 Å². The number of ether oxygens (including phenoxy) is 2. The summed E-state index contributed by atoms with van der Waals surface area (Å²) >= 11 is 0. The van der Waals surface area contributed by atoms with Crippen LogP contribution in [0.2, 0.25) is 0 Å². The van der Waals surface area contributed by atoms with E-state index in [2.05, 4.69) is 17.0 Å². The van der Waals surface area contributed by atoms with Crippen molar-refractivity contribution in [2.24, 2.45) is 0 Å². The summed E-state index contributed by atoms with van der Waals surface area (Å²) < 4.78 is 10.7. The van der Waals surface area contributed by atoms with Crippen LogP contribution < -0.4 is 9.47 Å². The maximum absolute atomic E-state index is 11.4. The van der Waals surface area contributed by atoms with Crippen LogP contribution in [0.25, 0.3) is 0 Å². The van der Waals surface area contributed by atoms with Gasteiger partial charge in [0.15, 0.2) is 17.3 Å². The lowest BCUT2D eigenvalue weighted by molar-refractivity contribution is -0.114. The Bertz CT molecular complexity index is 577. The second-order valence-corrected chi connectivity index (χ2v) is 5.25. The summed E-state index contributed by atoms with van der Waals surface area (Å²) in [6.45, 7) is 1.80. The van der Waals surface area contributed by atoms with E-state index in [1.165, 1.54) is 16.8 Å². The molecule has 0 saturated heterocycles. The predicted molar refractivity (Wildman–Crippen MR) is 76.0 cm³/mol. The van der Waals surface area contributed by atoms with Crippen molar-refractivity contribution in [3.8, 4) is 11.5 Å². The number of benzene rings is 1. The standard InChI is InChI=1S/C16H19NO3/c1-19-15-7-11-5-6-17(13-3-4-14(18)9-13)10-12(11)8-16(15)20-2/h7-9H,3-6,10H2,1-2H3. The first kappa shape index (κ1) is 13.0. The molecular weight excluding hydrogens is 254 g/mol. The van der Waals surface area contributed by atoms with Crippen LogP contribution in [0, 0.1) is 0 Å². The normalized spacial score (nSPS) is 17.8. The molecule has 20 heavy (non-hydrogen) atoms. The van der Waals surface area contributed by atoms with Crippen molar-refractivity contribution >= 4 is 5.78 Å². The van der Waals surface area contributed by atoms with E-state index >= 15 is 0 Å². The average molecular weight is 273 g/mol. The second kappa shape index (κ2) is 5.19. The molecule has 0 spiro atoms. The minimum Gasteiger partial charge on any atom is -0.493 e. The Morgan fingerprint density at radius 3 is 2.30 bits per heavy atom. The third kappa shape index (κ3) is 2.26. The van der Waals surface area contributed by atoms with Crippen LogP contribution in [0.5, 0.6) is 11.5 Å². The smallest absolute Gasteiger partial charge is 0.161 e. The number of carbonyl (C=O) groups excluding carboxylic acids is 1. The first-order valence-electron chi connectivity index (χ1n) is 6.93. The van der Waals surface area contributed by atoms with Crippen LogP contribution in [-0.4, -0.2) is 31.4 Å². The molecule has 0 bridgehead atoms. The number of ketones is 1. The van der Waals surface area contributed by atoms with Crippen molar-refractivity contribution in [3.05, 3.63) is 35.0 Å². The Balaban J connectivity index is 1.87. The fraction of sp³-hybridized carbons (Fsp3) is 0.438. The molecule has 0 N–H and O–H groups in total. The SMILES string of the molecule is COc1cc2c(cc1OC)CN(C1=CC(=O)CC1)CC2. The molecule has 0 fully saturated rings. The summed E-state index contributed by atoms with van der Waals surface area (Å²) in [4.78, 5) is 13.7. The molecule has 4 nitrogen and oxygen atoms in total. The van der Waals surface area contributed by atoms with Crippen molar-refractivity contribution < 1.29 is 14.3 Å². The van der Waals surface area contributed by atoms with Crippen molar-refractivity contribution in [1.29, 1.82) is 0 Å². The number of hydrogen-bond acceptors (Lipinski definition) is 4. The molecule has 1 heterocycles. The van der Waals surface area contributed by atoms with Crippen LogP contribution >= 0.6 is 0 Å². The third-order valence-electron chi connectivity index (χ3n) is 4.08. The number of nitrogens with zero attached hydrogens (tertiary/aromatic N) is 1. The highest BCUT2D eigenvalue weighted by Gasteiger charge is 2.23. The van der Waals surface area contributed by atoms with Gasteiger partial charge in [-0.1, -0.05) is 0 Å². The van der Waals surface area contributed by atoms with Gasteiger partial charge in [0.1, 0.15) is 0 Å². The van der Waals surface area contributed by atoms with Gasteiger partial charge in [-0.2, -0.15) is 0 Å². The van der Waals surface area contributed by atoms with Crippen molar-refractivity contribution in [2.75, 3.05) is 20.8 Å². The summed E-state index contributed by atoms with van der Waals surface area (Å²) in [6.07, 6.45) is 4.30. The van der Waals surface area contributed by atoms with E-state index in [0.717, 1.165) is 37.4 Å². The monoisotopic (exact) mass is 273 g/mol. The van der Waals surface area contributed by atoms with Crippen molar-refractivity contribution in [3.63, 3.8) is 0 Å². The summed E-state index contributed by atoms with van der Waals surface area (Å²) in [7, 11) is 3.32. The molecule has 1 aromatic carbocycles. The highest BCUT2D eigenvalue weighted by molar-refractivity contribution is 5.92. The van der Waals surface area contributed by atoms with Crippen molar-refractivity contribution in [2.45, 2.75) is 25.8 Å². The maximum atomic E-state index is 11.4. The van der Waals surface area contributed by atoms with E-state index in [4.69, 9.17) is 9.47 Å². The number of allylic oxidation sites excluding steroid dienone is 2. The van der Waals surface area contributed by atoms with E-state index in [0.29, 0.717) is 6.42 Å². The minimum absolute atomic E-state index is 0.248. The molecule has 2 aliphatic rings. The number of rotatable bonds is 3. The van der Waals surface area contributed by atoms with Gasteiger partial charge in [0, 0.05) is 31.3 Å². The molecule has 4 heteroatoms. The van der Waals surface area contributed by atoms with Gasteiger partial charge >= 0.3 is 0 Å². The Morgan fingerprint density at radius 1 is 1.00 bits per heavy atom. The summed E-state index contributed by atoms with van der Waals surface area (Å²) in [6, 6.07) is 4.12. The van der Waals surface area contributed by atoms with E-state index in [9.17, 15) is 4.79 Å². The van der Waals surface area contributed by atoms with Crippen LogP contribution in [0.1, 0.15) is 24.0 Å². The second-order valence-electron chi connectivity index (χ2n) is 5.25. The zero-order valence-corrected chi connectivity index (χ0v) is 11.9. The number of fused-ring (bicyclic) bond motifs is 1. The molecule has 0 atom stereocenters. The molecule has 0 radical (unpaired) electrons. The van der Waals surface area contributed by atoms with Gasteiger partial charge in [-0.3, -0.25) is 4.79 Å². The molecule has 106 valence electrons. The number of methoxy groups -OCH3 is 2. The summed E-state index contributed by atoms with van der Waals surface area (Å²) in [5.74, 6) is 1.80. The van der Waals surface area contributed by atoms with Gasteiger partial charge in [-0.25, -0.2) is 0 Å². The lowest BCUT2D eigenvalue weighted by Crippen LogP contribution is -2.29. The quantitative estimate of drug-likeness (QED) is 0.847. The summed E-state index contributed by atoms with van der Waals surface area (Å²) in [5, 5.41) is 0. The molecule has 0 aromatic heterocycles. The zero-order chi connectivity index (χ0) is 14.1. The van der Waals surface area contributed by atoms with Crippen molar-refractivity contribution in [1.82, 2.24) is 4.90 Å². The topological polar surface area (TPSA) is 38.8 Å². The van der Waals surface area contributed by atoms with Crippen LogP contribution in [0.3, 0.4) is 0 Å². The van der Waals surface area contributed by atoms with E-state index < -0.39 is 0 Å². The Kier molecular flexibility index (Phi) is 3.38. The fourth-order valence-electron chi connectivity index (χ4n) is 2.96. The Hall–Kier alpha value is -1.97. The molecule has 1 aliphatic heterocycles. The molecule has 1 aromatic rings. The first-order valence-corrected chi connectivity index (χ1v) is 6.93. The van der Waals surface area contributed by atoms with Gasteiger partial charge in [0.2, 0.25) is 0 Å². The predicted octanol–water partition coefficient (Wildman–Crippen LogP) is 2.31. The first-order chi connectivity index (χ1) is 9.71. The summed E-state index contributed by atoms with van der Waals surface area (Å²) in [5.41, 5.74) is 3.74. The zero-order valence-electron chi connectivity index (χ0n) is 11.9. The molecule has 1 aliphatic carbocycles. The highest BCUT2D eigenvalue weighted by Crippen LogP contribution is 2.34. The fourth-order valence-corrected chi connectivity index (χ4v) is 2.96. The van der Waals surface area contributed by atoms with E-state index in [1.54, 1.807) is 20.3 Å². The number of carbonyl (C=O) groups is 1. The third-order valence-corrected chi connectivity index (χ3v) is 4.08. The lowest BCUT2D eigenvalue weighted by atomic mass is 9.98. The van der Waals surface area contributed by atoms with Crippen LogP contribution in [0.15, 0.2) is 23.9 Å². The van der Waals surface area contributed by atoms with Gasteiger partial charge in [-0.05, 0) is 36.1 Å². The van der Waals surface area contributed by atoms with Gasteiger partial charge in [-0.15, -0.1) is 0 Å². The molecule has 0 unspecified atom stereocenters. The van der Waals surface area contributed by atoms with E-state index in [1.807, 2.05) is 0 Å². The highest BCUT2D eigenvalue weighted by atomic mass is 16.5. The number of hydrogen-bond donors (Lipinski definition) is 0. The minimum atomic E-state index is 0.248. The molecule has 0 saturated carbocycles.